The summed E-state index contributed by atoms with van der Waals surface area (Å²) in [6.45, 7) is 0.526. The van der Waals surface area contributed by atoms with E-state index in [2.05, 4.69) is 12.1 Å². The lowest BCUT2D eigenvalue weighted by Gasteiger charge is -2.13. The van der Waals surface area contributed by atoms with Crippen molar-refractivity contribution in [3.05, 3.63) is 85.0 Å². The van der Waals surface area contributed by atoms with Gasteiger partial charge in [0.1, 0.15) is 16.9 Å². The lowest BCUT2D eigenvalue weighted by atomic mass is 9.97. The molecule has 6 nitrogen and oxygen atoms in total. The Morgan fingerprint density at radius 1 is 1.16 bits per heavy atom. The summed E-state index contributed by atoms with van der Waals surface area (Å²) in [6.07, 6.45) is 5.99. The Morgan fingerprint density at radius 3 is 2.78 bits per heavy atom. The van der Waals surface area contributed by atoms with Gasteiger partial charge in [-0.25, -0.2) is 4.98 Å². The summed E-state index contributed by atoms with van der Waals surface area (Å²) in [5, 5.41) is 10.8. The molecule has 0 radical (unpaired) electrons. The summed E-state index contributed by atoms with van der Waals surface area (Å²) < 4.78 is 7.09. The first-order valence-corrected chi connectivity index (χ1v) is 12.4. The lowest BCUT2D eigenvalue weighted by molar-refractivity contribution is 0.419. The van der Waals surface area contributed by atoms with Crippen LogP contribution in [0.15, 0.2) is 61.8 Å². The predicted molar refractivity (Wildman–Crippen MR) is 127 cm³/mol. The highest BCUT2D eigenvalue weighted by molar-refractivity contribution is 7.98. The number of thiophene rings is 1. The average molecular weight is 467 g/mol. The molecule has 0 saturated carbocycles. The van der Waals surface area contributed by atoms with Crippen LogP contribution in [0.25, 0.3) is 10.2 Å². The summed E-state index contributed by atoms with van der Waals surface area (Å²) in [4.78, 5) is 32.3. The molecule has 0 aliphatic heterocycles. The number of rotatable bonds is 6. The van der Waals surface area contributed by atoms with Crippen LogP contribution in [0.2, 0.25) is 0 Å². The van der Waals surface area contributed by atoms with Crippen LogP contribution >= 0.6 is 23.1 Å². The van der Waals surface area contributed by atoms with Gasteiger partial charge in [-0.15, -0.1) is 11.3 Å². The number of benzene rings is 1. The van der Waals surface area contributed by atoms with Crippen molar-refractivity contribution >= 4 is 33.3 Å². The highest BCUT2D eigenvalue weighted by Crippen LogP contribution is 2.35. The van der Waals surface area contributed by atoms with Crippen molar-refractivity contribution in [1.82, 2.24) is 9.55 Å². The normalized spacial score (nSPS) is 13.4. The summed E-state index contributed by atoms with van der Waals surface area (Å²) in [7, 11) is 0. The summed E-state index contributed by atoms with van der Waals surface area (Å²) >= 11 is 3.00. The van der Waals surface area contributed by atoms with Crippen LogP contribution in [0.1, 0.15) is 34.6 Å². The minimum atomic E-state index is -0.484. The second kappa shape index (κ2) is 8.96. The number of thioether (sulfide) groups is 1. The molecule has 0 amide bonds. The third-order valence-corrected chi connectivity index (χ3v) is 7.90. The fourth-order valence-electron chi connectivity index (χ4n) is 4.07. The van der Waals surface area contributed by atoms with Crippen LogP contribution < -0.4 is 11.0 Å². The molecule has 5 rings (SSSR count). The van der Waals surface area contributed by atoms with Crippen LogP contribution in [0.3, 0.4) is 0 Å². The van der Waals surface area contributed by atoms with Crippen molar-refractivity contribution in [2.75, 3.05) is 0 Å². The molecule has 32 heavy (non-hydrogen) atoms. The van der Waals surface area contributed by atoms with Crippen molar-refractivity contribution < 1.29 is 9.52 Å². The molecule has 0 saturated heterocycles. The number of fused-ring (bicyclic) bond motifs is 3. The minimum Gasteiger partial charge on any atom is -0.502 e. The largest absolute Gasteiger partial charge is 0.502 e. The van der Waals surface area contributed by atoms with E-state index in [0.717, 1.165) is 54.1 Å². The maximum absolute atomic E-state index is 13.6. The predicted octanol–water partition coefficient (Wildman–Crippen LogP) is 4.53. The van der Waals surface area contributed by atoms with Crippen LogP contribution in [0.4, 0.5) is 0 Å². The van der Waals surface area contributed by atoms with Gasteiger partial charge in [0.05, 0.1) is 11.1 Å². The first-order chi connectivity index (χ1) is 15.6. The van der Waals surface area contributed by atoms with Gasteiger partial charge in [0.15, 0.2) is 10.9 Å². The van der Waals surface area contributed by atoms with E-state index in [1.807, 2.05) is 18.2 Å². The molecule has 0 bridgehead atoms. The van der Waals surface area contributed by atoms with Gasteiger partial charge in [-0.1, -0.05) is 42.1 Å². The fraction of sp³-hybridized carbons (Fsp3) is 0.292. The maximum Gasteiger partial charge on any atom is 0.263 e. The SMILES string of the molecule is O=c1cc(CSc2nc3sc4c(c3c(=O)n2CCc2ccccc2)CCCC4)occ1O. The van der Waals surface area contributed by atoms with Crippen LogP contribution in [0.5, 0.6) is 5.75 Å². The number of hydrogen-bond acceptors (Lipinski definition) is 7. The number of hydrogen-bond donors (Lipinski definition) is 1. The minimum absolute atomic E-state index is 0.0139. The van der Waals surface area contributed by atoms with E-state index in [4.69, 9.17) is 9.40 Å². The van der Waals surface area contributed by atoms with Gasteiger partial charge in [-0.2, -0.15) is 0 Å². The fourth-order valence-corrected chi connectivity index (χ4v) is 6.29. The number of nitrogens with zero attached hydrogens (tertiary/aromatic N) is 2. The molecule has 0 spiro atoms. The van der Waals surface area contributed by atoms with E-state index in [0.29, 0.717) is 23.2 Å². The molecule has 0 atom stereocenters. The maximum atomic E-state index is 13.6. The molecule has 3 aromatic heterocycles. The molecule has 1 N–H and O–H groups in total. The van der Waals surface area contributed by atoms with Gasteiger partial charge in [0, 0.05) is 17.5 Å². The van der Waals surface area contributed by atoms with Crippen molar-refractivity contribution in [3.8, 4) is 5.75 Å². The first-order valence-electron chi connectivity index (χ1n) is 10.6. The highest BCUT2D eigenvalue weighted by Gasteiger charge is 2.22. The van der Waals surface area contributed by atoms with Crippen molar-refractivity contribution in [1.29, 1.82) is 0 Å². The molecule has 3 heterocycles. The van der Waals surface area contributed by atoms with Crippen molar-refractivity contribution in [3.63, 3.8) is 0 Å². The number of aryl methyl sites for hydroxylation is 3. The summed E-state index contributed by atoms with van der Waals surface area (Å²) in [5.41, 5.74) is 1.87. The molecule has 8 heteroatoms. The zero-order valence-corrected chi connectivity index (χ0v) is 19.0. The Kier molecular flexibility index (Phi) is 5.89. The standard InChI is InChI=1S/C24H22N2O4S2/c27-18-12-16(30-13-19(18)28)14-31-24-25-22-21(17-8-4-5-9-20(17)32-22)23(29)26(24)11-10-15-6-2-1-3-7-15/h1-3,6-7,12-13,28H,4-5,8-11,14H2. The van der Waals surface area contributed by atoms with E-state index in [1.165, 1.54) is 28.3 Å². The van der Waals surface area contributed by atoms with Gasteiger partial charge >= 0.3 is 0 Å². The topological polar surface area (TPSA) is 85.3 Å². The van der Waals surface area contributed by atoms with E-state index in [9.17, 15) is 14.7 Å². The van der Waals surface area contributed by atoms with Crippen molar-refractivity contribution in [2.45, 2.75) is 49.6 Å². The van der Waals surface area contributed by atoms with Gasteiger partial charge in [0.25, 0.3) is 5.56 Å². The molecule has 164 valence electrons. The second-order valence-electron chi connectivity index (χ2n) is 7.86. The van der Waals surface area contributed by atoms with Crippen molar-refractivity contribution in [2.24, 2.45) is 0 Å². The van der Waals surface area contributed by atoms with E-state index in [1.54, 1.807) is 15.9 Å². The molecule has 4 aromatic rings. The summed E-state index contributed by atoms with van der Waals surface area (Å²) in [6, 6.07) is 11.4. The Balaban J connectivity index is 1.53. The summed E-state index contributed by atoms with van der Waals surface area (Å²) in [5.74, 6) is 0.346. The molecular weight excluding hydrogens is 444 g/mol. The Bertz CT molecular complexity index is 1390. The van der Waals surface area contributed by atoms with Gasteiger partial charge in [0.2, 0.25) is 5.43 Å². The zero-order valence-electron chi connectivity index (χ0n) is 17.4. The smallest absolute Gasteiger partial charge is 0.263 e. The number of aromatic hydroxyl groups is 1. The molecule has 0 unspecified atom stereocenters. The Morgan fingerprint density at radius 2 is 1.97 bits per heavy atom. The second-order valence-corrected chi connectivity index (χ2v) is 9.89. The van der Waals surface area contributed by atoms with Gasteiger partial charge < -0.3 is 9.52 Å². The molecule has 1 aliphatic rings. The number of aromatic nitrogens is 2. The molecule has 1 aromatic carbocycles. The van der Waals surface area contributed by atoms with E-state index < -0.39 is 11.2 Å². The quantitative estimate of drug-likeness (QED) is 0.332. The average Bonchev–Trinajstić information content (AvgIpc) is 3.18. The van der Waals surface area contributed by atoms with Crippen LogP contribution in [-0.2, 0) is 31.6 Å². The Hall–Kier alpha value is -2.84. The highest BCUT2D eigenvalue weighted by atomic mass is 32.2. The van der Waals surface area contributed by atoms with Gasteiger partial charge in [-0.05, 0) is 43.2 Å². The monoisotopic (exact) mass is 466 g/mol. The lowest BCUT2D eigenvalue weighted by Crippen LogP contribution is -2.24. The van der Waals surface area contributed by atoms with Crippen LogP contribution in [-0.4, -0.2) is 14.7 Å². The Labute approximate surface area is 192 Å². The first kappa shape index (κ1) is 21.0. The third-order valence-electron chi connectivity index (χ3n) is 5.72. The molecular formula is C24H22N2O4S2. The third kappa shape index (κ3) is 4.12. The molecule has 1 aliphatic carbocycles. The van der Waals surface area contributed by atoms with Gasteiger partial charge in [-0.3, -0.25) is 14.2 Å². The van der Waals surface area contributed by atoms with Crippen LogP contribution in [0, 0.1) is 0 Å². The van der Waals surface area contributed by atoms with E-state index >= 15 is 0 Å². The molecule has 0 fully saturated rings. The zero-order chi connectivity index (χ0) is 22.1. The van der Waals surface area contributed by atoms with E-state index in [-0.39, 0.29) is 5.56 Å².